The topological polar surface area (TPSA) is 113 Å². The second kappa shape index (κ2) is 15.7. The fraction of sp³-hybridized carbons (Fsp3) is 0.500. The van der Waals surface area contributed by atoms with Crippen molar-refractivity contribution in [2.75, 3.05) is 6.61 Å². The number of carbonyl (C=O) groups is 3. The first-order valence-electron chi connectivity index (χ1n) is 15.3. The quantitative estimate of drug-likeness (QED) is 0.214. The second-order valence-corrected chi connectivity index (χ2v) is 12.3. The van der Waals surface area contributed by atoms with Gasteiger partial charge in [-0.15, -0.1) is 0 Å². The summed E-state index contributed by atoms with van der Waals surface area (Å²) in [4.78, 5) is 41.7. The predicted molar refractivity (Wildman–Crippen MR) is 166 cm³/mol. The SMILES string of the molecule is CC1C(c2ccccc2)OC(=O)N1C(=O)C(Cc1ccccc1)C1OC(O)(CCCCCCCCCCO)C(Br)=CC1=O. The average molecular weight is 657 g/mol. The molecule has 0 aliphatic carbocycles. The zero-order valence-corrected chi connectivity index (χ0v) is 26.3. The molecule has 0 aromatic heterocycles. The van der Waals surface area contributed by atoms with Gasteiger partial charge in [0.25, 0.3) is 0 Å². The molecule has 2 aromatic rings. The summed E-state index contributed by atoms with van der Waals surface area (Å²) in [5.74, 6) is -3.86. The maximum Gasteiger partial charge on any atom is 0.417 e. The zero-order chi connectivity index (χ0) is 30.8. The van der Waals surface area contributed by atoms with Gasteiger partial charge >= 0.3 is 6.09 Å². The Morgan fingerprint density at radius 3 is 2.14 bits per heavy atom. The molecule has 5 unspecified atom stereocenters. The molecule has 4 rings (SSSR count). The van der Waals surface area contributed by atoms with Crippen LogP contribution in [0.3, 0.4) is 0 Å². The molecule has 8 nitrogen and oxygen atoms in total. The summed E-state index contributed by atoms with van der Waals surface area (Å²) >= 11 is 3.34. The summed E-state index contributed by atoms with van der Waals surface area (Å²) in [6, 6.07) is 17.9. The number of unbranched alkanes of at least 4 members (excludes halogenated alkanes) is 7. The Morgan fingerprint density at radius 2 is 1.51 bits per heavy atom. The molecule has 0 spiro atoms. The van der Waals surface area contributed by atoms with E-state index in [1.54, 1.807) is 6.92 Å². The van der Waals surface area contributed by atoms with Crippen LogP contribution in [0.15, 0.2) is 71.2 Å². The maximum atomic E-state index is 14.2. The third kappa shape index (κ3) is 8.41. The first-order valence-corrected chi connectivity index (χ1v) is 16.1. The average Bonchev–Trinajstić information content (AvgIpc) is 3.31. The van der Waals surface area contributed by atoms with Gasteiger partial charge in [-0.25, -0.2) is 9.69 Å². The Kier molecular flexibility index (Phi) is 12.1. The molecule has 2 aromatic carbocycles. The summed E-state index contributed by atoms with van der Waals surface area (Å²) in [6.07, 6.45) is 6.70. The van der Waals surface area contributed by atoms with Crippen LogP contribution in [-0.2, 0) is 25.5 Å². The smallest absolute Gasteiger partial charge is 0.417 e. The molecule has 2 aliphatic rings. The summed E-state index contributed by atoms with van der Waals surface area (Å²) in [5, 5.41) is 20.5. The van der Waals surface area contributed by atoms with E-state index in [2.05, 4.69) is 15.9 Å². The van der Waals surface area contributed by atoms with Crippen molar-refractivity contribution in [2.45, 2.75) is 95.2 Å². The second-order valence-electron chi connectivity index (χ2n) is 11.5. The first-order chi connectivity index (χ1) is 20.7. The molecule has 2 heterocycles. The summed E-state index contributed by atoms with van der Waals surface area (Å²) in [7, 11) is 0. The molecule has 0 radical (unpaired) electrons. The van der Waals surface area contributed by atoms with E-state index in [4.69, 9.17) is 14.6 Å². The molecule has 2 N–H and O–H groups in total. The van der Waals surface area contributed by atoms with Crippen LogP contribution >= 0.6 is 15.9 Å². The molecule has 2 aliphatic heterocycles. The number of ether oxygens (including phenoxy) is 2. The van der Waals surface area contributed by atoms with Crippen molar-refractivity contribution in [3.63, 3.8) is 0 Å². The maximum absolute atomic E-state index is 14.2. The number of aliphatic hydroxyl groups is 2. The monoisotopic (exact) mass is 655 g/mol. The van der Waals surface area contributed by atoms with Gasteiger partial charge in [0.05, 0.1) is 16.4 Å². The van der Waals surface area contributed by atoms with Crippen molar-refractivity contribution in [2.24, 2.45) is 5.92 Å². The lowest BCUT2D eigenvalue weighted by atomic mass is 9.87. The Balaban J connectivity index is 1.49. The number of hydrogen-bond donors (Lipinski definition) is 2. The van der Waals surface area contributed by atoms with Gasteiger partial charge < -0.3 is 19.7 Å². The van der Waals surface area contributed by atoms with Gasteiger partial charge in [-0.3, -0.25) is 9.59 Å². The number of carbonyl (C=O) groups excluding carboxylic acids is 3. The van der Waals surface area contributed by atoms with Crippen molar-refractivity contribution >= 4 is 33.7 Å². The Bertz CT molecular complexity index is 1250. The van der Waals surface area contributed by atoms with Crippen LogP contribution in [0.25, 0.3) is 0 Å². The van der Waals surface area contributed by atoms with Crippen molar-refractivity contribution in [1.82, 2.24) is 4.90 Å². The Labute approximate surface area is 262 Å². The highest BCUT2D eigenvalue weighted by Crippen LogP contribution is 2.39. The van der Waals surface area contributed by atoms with Crippen LogP contribution in [0.5, 0.6) is 0 Å². The minimum atomic E-state index is -1.77. The lowest BCUT2D eigenvalue weighted by Crippen LogP contribution is -2.53. The normalized spacial score (nSPS) is 24.5. The van der Waals surface area contributed by atoms with Crippen molar-refractivity contribution in [3.8, 4) is 0 Å². The minimum absolute atomic E-state index is 0.139. The van der Waals surface area contributed by atoms with Crippen molar-refractivity contribution in [3.05, 3.63) is 82.3 Å². The van der Waals surface area contributed by atoms with E-state index in [1.807, 2.05) is 60.7 Å². The summed E-state index contributed by atoms with van der Waals surface area (Å²) in [5.41, 5.74) is 1.57. The van der Waals surface area contributed by atoms with Gasteiger partial charge in [0.1, 0.15) is 12.2 Å². The van der Waals surface area contributed by atoms with Crippen molar-refractivity contribution < 1.29 is 34.1 Å². The number of aliphatic hydroxyl groups excluding tert-OH is 1. The molecule has 0 bridgehead atoms. The van der Waals surface area contributed by atoms with Crippen LogP contribution in [0, 0.1) is 5.92 Å². The Hall–Kier alpha value is -2.85. The van der Waals surface area contributed by atoms with E-state index in [-0.39, 0.29) is 23.9 Å². The Morgan fingerprint density at radius 1 is 0.930 bits per heavy atom. The van der Waals surface area contributed by atoms with Crippen molar-refractivity contribution in [1.29, 1.82) is 0 Å². The molecule has 5 atom stereocenters. The number of cyclic esters (lactones) is 1. The fourth-order valence-electron chi connectivity index (χ4n) is 5.86. The number of hydrogen-bond acceptors (Lipinski definition) is 7. The number of amides is 2. The third-order valence-corrected chi connectivity index (χ3v) is 9.13. The first kappa shape index (κ1) is 33.1. The molecular weight excluding hydrogens is 614 g/mol. The number of rotatable bonds is 15. The number of ketones is 1. The zero-order valence-electron chi connectivity index (χ0n) is 24.7. The van der Waals surface area contributed by atoms with Gasteiger partial charge in [0, 0.05) is 13.0 Å². The number of nitrogens with zero attached hydrogens (tertiary/aromatic N) is 1. The van der Waals surface area contributed by atoms with E-state index in [0.29, 0.717) is 6.42 Å². The number of benzene rings is 2. The molecule has 0 saturated carbocycles. The van der Waals surface area contributed by atoms with Gasteiger partial charge in [-0.1, -0.05) is 99.2 Å². The number of imide groups is 1. The highest BCUT2D eigenvalue weighted by Gasteiger charge is 2.51. The summed E-state index contributed by atoms with van der Waals surface area (Å²) in [6.45, 7) is 1.99. The van der Waals surface area contributed by atoms with Gasteiger partial charge in [-0.05, 0) is 59.3 Å². The number of halogens is 1. The lowest BCUT2D eigenvalue weighted by molar-refractivity contribution is -0.218. The molecule has 232 valence electrons. The fourth-order valence-corrected chi connectivity index (χ4v) is 6.37. The molecule has 1 fully saturated rings. The standard InChI is InChI=1S/C34H42BrNO7/c1-24-30(26-18-12-9-13-19-26)42-33(40)36(24)32(39)27(22-25-16-10-8-11-17-25)31-28(38)23-29(35)34(41,43-31)20-14-6-4-2-3-5-7-15-21-37/h8-13,16-19,23-24,27,30-31,37,41H,2-7,14-15,20-22H2,1H3. The van der Waals surface area contributed by atoms with E-state index in [9.17, 15) is 19.5 Å². The molecule has 2 amide bonds. The molecular formula is C34H42BrNO7. The van der Waals surface area contributed by atoms with Crippen LogP contribution in [0.4, 0.5) is 4.79 Å². The van der Waals surface area contributed by atoms with Crippen LogP contribution < -0.4 is 0 Å². The van der Waals surface area contributed by atoms with E-state index < -0.39 is 47.7 Å². The van der Waals surface area contributed by atoms with E-state index >= 15 is 0 Å². The van der Waals surface area contributed by atoms with E-state index in [1.165, 1.54) is 6.08 Å². The highest BCUT2D eigenvalue weighted by atomic mass is 79.9. The molecule has 43 heavy (non-hydrogen) atoms. The summed E-state index contributed by atoms with van der Waals surface area (Å²) < 4.78 is 12.0. The van der Waals surface area contributed by atoms with Gasteiger partial charge in [0.2, 0.25) is 5.91 Å². The van der Waals surface area contributed by atoms with Gasteiger partial charge in [-0.2, -0.15) is 0 Å². The minimum Gasteiger partial charge on any atom is -0.439 e. The van der Waals surface area contributed by atoms with Gasteiger partial charge in [0.15, 0.2) is 11.6 Å². The van der Waals surface area contributed by atoms with Crippen LogP contribution in [0.1, 0.15) is 81.9 Å². The largest absolute Gasteiger partial charge is 0.439 e. The van der Waals surface area contributed by atoms with Crippen LogP contribution in [-0.4, -0.2) is 57.4 Å². The molecule has 1 saturated heterocycles. The van der Waals surface area contributed by atoms with E-state index in [0.717, 1.165) is 61.0 Å². The highest BCUT2D eigenvalue weighted by molar-refractivity contribution is 9.11. The third-order valence-electron chi connectivity index (χ3n) is 8.28. The lowest BCUT2D eigenvalue weighted by Gasteiger charge is -2.38. The predicted octanol–water partition coefficient (Wildman–Crippen LogP) is 6.39. The van der Waals surface area contributed by atoms with Crippen LogP contribution in [0.2, 0.25) is 0 Å². The molecule has 9 heteroatoms.